The predicted molar refractivity (Wildman–Crippen MR) is 88.2 cm³/mol. The maximum atomic E-state index is 11.5. The van der Waals surface area contributed by atoms with Crippen LogP contribution in [0.15, 0.2) is 23.3 Å². The molecule has 2 atom stereocenters. The van der Waals surface area contributed by atoms with Crippen LogP contribution >= 0.6 is 15.4 Å². The minimum absolute atomic E-state index is 0.181. The summed E-state index contributed by atoms with van der Waals surface area (Å²) in [4.78, 5) is 18.3. The predicted octanol–water partition coefficient (Wildman–Crippen LogP) is 3.86. The van der Waals surface area contributed by atoms with Gasteiger partial charge in [-0.25, -0.2) is 0 Å². The van der Waals surface area contributed by atoms with Crippen LogP contribution in [0.1, 0.15) is 52.9 Å². The van der Waals surface area contributed by atoms with E-state index in [0.717, 1.165) is 12.8 Å². The van der Waals surface area contributed by atoms with Crippen LogP contribution in [0.5, 0.6) is 0 Å². The minimum Gasteiger partial charge on any atom is -0.389 e. The number of unbranched alkanes of at least 4 members (excludes halogenated alkanes) is 1. The molecular weight excluding hydrogens is 310 g/mol. The van der Waals surface area contributed by atoms with E-state index in [4.69, 9.17) is 14.9 Å². The average Bonchev–Trinajstić information content (AvgIpc) is 2.35. The second-order valence-corrected chi connectivity index (χ2v) is 9.76. The van der Waals surface area contributed by atoms with Gasteiger partial charge >= 0.3 is 7.60 Å². The van der Waals surface area contributed by atoms with E-state index in [1.807, 2.05) is 6.92 Å². The smallest absolute Gasteiger partial charge is 0.335 e. The first-order chi connectivity index (χ1) is 9.68. The van der Waals surface area contributed by atoms with Gasteiger partial charge in [0.25, 0.3) is 0 Å². The van der Waals surface area contributed by atoms with Crippen molar-refractivity contribution < 1.29 is 24.0 Å². The lowest BCUT2D eigenvalue weighted by Gasteiger charge is -2.16. The first-order valence-corrected chi connectivity index (χ1v) is 10.5. The van der Waals surface area contributed by atoms with Gasteiger partial charge in [-0.1, -0.05) is 23.3 Å². The van der Waals surface area contributed by atoms with Gasteiger partial charge in [0.05, 0.1) is 6.35 Å². The highest BCUT2D eigenvalue weighted by molar-refractivity contribution is 7.67. The Labute approximate surface area is 128 Å². The van der Waals surface area contributed by atoms with E-state index in [-0.39, 0.29) is 6.42 Å². The molecule has 0 aromatic rings. The molecule has 0 amide bonds. The monoisotopic (exact) mass is 338 g/mol. The summed E-state index contributed by atoms with van der Waals surface area (Å²) in [6, 6.07) is 0. The summed E-state index contributed by atoms with van der Waals surface area (Å²) in [5.41, 5.74) is 2.54. The normalized spacial score (nSPS) is 15.6. The summed E-state index contributed by atoms with van der Waals surface area (Å²) in [5.74, 6) is 0. The number of allylic oxidation sites excluding steroid dienone is 4. The molecular formula is C14H28O5P2. The lowest BCUT2D eigenvalue weighted by Crippen LogP contribution is -2.05. The van der Waals surface area contributed by atoms with E-state index in [9.17, 15) is 9.13 Å². The summed E-state index contributed by atoms with van der Waals surface area (Å²) >= 11 is 0. The molecule has 3 N–H and O–H groups in total. The lowest BCUT2D eigenvalue weighted by atomic mass is 10.1. The Hall–Kier alpha value is -0.180. The Kier molecular flexibility index (Phi) is 10.4. The fourth-order valence-electron chi connectivity index (χ4n) is 1.97. The van der Waals surface area contributed by atoms with Crippen LogP contribution in [0.25, 0.3) is 0 Å². The zero-order valence-corrected chi connectivity index (χ0v) is 15.0. The highest BCUT2D eigenvalue weighted by Crippen LogP contribution is 2.55. The number of aliphatic hydroxyl groups is 1. The molecule has 0 aliphatic heterocycles. The van der Waals surface area contributed by atoms with E-state index >= 15 is 0 Å². The van der Waals surface area contributed by atoms with Crippen molar-refractivity contribution in [2.45, 2.75) is 58.3 Å². The molecule has 2 unspecified atom stereocenters. The Morgan fingerprint density at radius 2 is 1.81 bits per heavy atom. The zero-order valence-electron chi connectivity index (χ0n) is 13.1. The molecule has 0 rings (SSSR count). The van der Waals surface area contributed by atoms with Gasteiger partial charge in [-0.3, -0.25) is 4.57 Å². The van der Waals surface area contributed by atoms with Crippen LogP contribution in [-0.4, -0.2) is 26.6 Å². The van der Waals surface area contributed by atoms with Gasteiger partial charge in [0.1, 0.15) is 13.2 Å². The van der Waals surface area contributed by atoms with E-state index in [1.165, 1.54) is 11.1 Å². The van der Waals surface area contributed by atoms with Crippen molar-refractivity contribution in [2.24, 2.45) is 0 Å². The molecule has 0 bridgehead atoms. The maximum Gasteiger partial charge on any atom is 0.335 e. The second kappa shape index (κ2) is 10.5. The van der Waals surface area contributed by atoms with Gasteiger partial charge in [0, 0.05) is 0 Å². The summed E-state index contributed by atoms with van der Waals surface area (Å²) in [6.45, 7) is 6.16. The number of aliphatic hydroxyl groups excluding tert-OH is 1. The first-order valence-electron chi connectivity index (χ1n) is 7.16. The standard InChI is InChI=1S/C14H28O5P2/c1-12(2)7-6-9-13(3)8-4-5-10-14(20(16)11-15)21(17,18)19/h7-8,14-15,20H,4-6,9-11H2,1-3H3,(H2,17,18,19). The van der Waals surface area contributed by atoms with Crippen molar-refractivity contribution >= 4 is 15.4 Å². The summed E-state index contributed by atoms with van der Waals surface area (Å²) < 4.78 is 22.8. The highest BCUT2D eigenvalue weighted by atomic mass is 31.2. The summed E-state index contributed by atoms with van der Waals surface area (Å²) in [5, 5.41) is 7.64. The molecule has 21 heavy (non-hydrogen) atoms. The summed E-state index contributed by atoms with van der Waals surface area (Å²) in [6.07, 6.45) is 7.01. The second-order valence-electron chi connectivity index (χ2n) is 5.53. The third kappa shape index (κ3) is 10.2. The quantitative estimate of drug-likeness (QED) is 0.319. The van der Waals surface area contributed by atoms with E-state index in [2.05, 4.69) is 26.0 Å². The molecule has 0 spiro atoms. The molecule has 0 saturated carbocycles. The van der Waals surface area contributed by atoms with Crippen molar-refractivity contribution in [3.05, 3.63) is 23.3 Å². The SMILES string of the molecule is CC(C)=CCCC(C)=CCCCC([PH](=O)CO)P(=O)(O)O. The number of hydrogen-bond donors (Lipinski definition) is 3. The molecule has 0 radical (unpaired) electrons. The Morgan fingerprint density at radius 3 is 2.29 bits per heavy atom. The Morgan fingerprint density at radius 1 is 1.19 bits per heavy atom. The van der Waals surface area contributed by atoms with E-state index in [0.29, 0.717) is 12.8 Å². The molecule has 5 nitrogen and oxygen atoms in total. The van der Waals surface area contributed by atoms with Crippen LogP contribution in [0.3, 0.4) is 0 Å². The zero-order chi connectivity index (χ0) is 16.5. The van der Waals surface area contributed by atoms with Gasteiger partial charge in [0.2, 0.25) is 0 Å². The molecule has 0 aliphatic carbocycles. The van der Waals surface area contributed by atoms with Crippen molar-refractivity contribution in [3.63, 3.8) is 0 Å². The molecule has 124 valence electrons. The number of rotatable bonds is 10. The van der Waals surface area contributed by atoms with E-state index < -0.39 is 27.1 Å². The average molecular weight is 338 g/mol. The highest BCUT2D eigenvalue weighted by Gasteiger charge is 2.32. The van der Waals surface area contributed by atoms with Crippen molar-refractivity contribution in [3.8, 4) is 0 Å². The van der Waals surface area contributed by atoms with Crippen LogP contribution in [-0.2, 0) is 9.13 Å². The van der Waals surface area contributed by atoms with Gasteiger partial charge in [-0.2, -0.15) is 0 Å². The Bertz CT molecular complexity index is 433. The molecule has 0 fully saturated rings. The van der Waals surface area contributed by atoms with Crippen LogP contribution < -0.4 is 0 Å². The van der Waals surface area contributed by atoms with Gasteiger partial charge in [-0.15, -0.1) is 0 Å². The van der Waals surface area contributed by atoms with E-state index in [1.54, 1.807) is 0 Å². The molecule has 0 aromatic carbocycles. The van der Waals surface area contributed by atoms with Crippen LogP contribution in [0, 0.1) is 0 Å². The fraction of sp³-hybridized carbons (Fsp3) is 0.714. The summed E-state index contributed by atoms with van der Waals surface area (Å²) in [7, 11) is -7.03. The molecule has 0 aromatic heterocycles. The third-order valence-corrected chi connectivity index (χ3v) is 7.49. The third-order valence-electron chi connectivity index (χ3n) is 3.20. The fourth-order valence-corrected chi connectivity index (χ4v) is 4.97. The first kappa shape index (κ1) is 20.8. The lowest BCUT2D eigenvalue weighted by molar-refractivity contribution is 0.350. The van der Waals surface area contributed by atoms with Crippen molar-refractivity contribution in [1.29, 1.82) is 0 Å². The molecule has 0 heterocycles. The van der Waals surface area contributed by atoms with Crippen molar-refractivity contribution in [1.82, 2.24) is 0 Å². The Balaban J connectivity index is 4.24. The largest absolute Gasteiger partial charge is 0.389 e. The topological polar surface area (TPSA) is 94.8 Å². The minimum atomic E-state index is -4.40. The molecule has 0 saturated heterocycles. The van der Waals surface area contributed by atoms with Crippen molar-refractivity contribution in [2.75, 3.05) is 6.35 Å². The maximum absolute atomic E-state index is 11.5. The van der Waals surface area contributed by atoms with Crippen LogP contribution in [0.4, 0.5) is 0 Å². The number of hydrogen-bond acceptors (Lipinski definition) is 3. The van der Waals surface area contributed by atoms with Gasteiger partial charge < -0.3 is 19.5 Å². The molecule has 0 aliphatic rings. The van der Waals surface area contributed by atoms with Gasteiger partial charge in [-0.05, 0) is 52.9 Å². The molecule has 7 heteroatoms. The van der Waals surface area contributed by atoms with Gasteiger partial charge in [0.15, 0.2) is 0 Å². The van der Waals surface area contributed by atoms with Crippen LogP contribution in [0.2, 0.25) is 0 Å².